The molecule has 20 heavy (non-hydrogen) atoms. The van der Waals surface area contributed by atoms with E-state index in [2.05, 4.69) is 30.8 Å². The van der Waals surface area contributed by atoms with Gasteiger partial charge in [-0.1, -0.05) is 21.1 Å². The molecule has 2 N–H and O–H groups in total. The zero-order valence-electron chi connectivity index (χ0n) is 10.2. The molecule has 0 radical (unpaired) electrons. The van der Waals surface area contributed by atoms with Crippen LogP contribution in [0.15, 0.2) is 44.2 Å². The number of oxime groups is 1. The number of benzene rings is 1. The maximum absolute atomic E-state index is 12.1. The first-order valence-corrected chi connectivity index (χ1v) is 8.51. The van der Waals surface area contributed by atoms with E-state index in [0.717, 1.165) is 15.8 Å². The first-order valence-electron chi connectivity index (χ1n) is 5.35. The van der Waals surface area contributed by atoms with E-state index in [0.29, 0.717) is 11.4 Å². The molecule has 0 aliphatic carbocycles. The van der Waals surface area contributed by atoms with E-state index in [1.807, 2.05) is 0 Å². The topological polar surface area (TPSA) is 91.7 Å². The number of hydrogen-bond acceptors (Lipinski definition) is 6. The summed E-state index contributed by atoms with van der Waals surface area (Å²) in [5.41, 5.74) is 0.737. The fourth-order valence-corrected chi connectivity index (χ4v) is 3.60. The molecular weight excluding hydrogens is 366 g/mol. The van der Waals surface area contributed by atoms with Crippen LogP contribution in [-0.2, 0) is 10.0 Å². The van der Waals surface area contributed by atoms with Crippen molar-refractivity contribution in [3.8, 4) is 0 Å². The van der Waals surface area contributed by atoms with Crippen molar-refractivity contribution in [1.29, 1.82) is 0 Å². The van der Waals surface area contributed by atoms with Gasteiger partial charge in [-0.25, -0.2) is 13.4 Å². The third-order valence-corrected chi connectivity index (χ3v) is 5.14. The van der Waals surface area contributed by atoms with Crippen LogP contribution < -0.4 is 4.72 Å². The van der Waals surface area contributed by atoms with Gasteiger partial charge in [0.1, 0.15) is 11.4 Å². The van der Waals surface area contributed by atoms with Crippen molar-refractivity contribution >= 4 is 48.1 Å². The van der Waals surface area contributed by atoms with Gasteiger partial charge in [-0.15, -0.1) is 11.3 Å². The van der Waals surface area contributed by atoms with Gasteiger partial charge in [0.15, 0.2) is 5.13 Å². The van der Waals surface area contributed by atoms with Gasteiger partial charge in [0.05, 0.1) is 4.90 Å². The number of nitrogens with zero attached hydrogens (tertiary/aromatic N) is 2. The Morgan fingerprint density at radius 2 is 2.05 bits per heavy atom. The summed E-state index contributed by atoms with van der Waals surface area (Å²) in [5, 5.41) is 13.5. The third kappa shape index (κ3) is 3.35. The molecule has 0 unspecified atom stereocenters. The maximum Gasteiger partial charge on any atom is 0.263 e. The van der Waals surface area contributed by atoms with Gasteiger partial charge in [0, 0.05) is 9.85 Å². The molecule has 0 spiro atoms. The van der Waals surface area contributed by atoms with Crippen molar-refractivity contribution < 1.29 is 13.6 Å². The van der Waals surface area contributed by atoms with Crippen LogP contribution >= 0.6 is 27.3 Å². The largest absolute Gasteiger partial charge is 0.411 e. The molecular formula is C11H10BrN3O3S2. The molecule has 9 heteroatoms. The highest BCUT2D eigenvalue weighted by Crippen LogP contribution is 2.21. The first kappa shape index (κ1) is 14.9. The molecule has 0 saturated carbocycles. The second-order valence-corrected chi connectivity index (χ2v) is 7.24. The van der Waals surface area contributed by atoms with Crippen LogP contribution in [0.2, 0.25) is 0 Å². The molecule has 0 aliphatic heterocycles. The zero-order valence-corrected chi connectivity index (χ0v) is 13.5. The molecule has 0 saturated heterocycles. The van der Waals surface area contributed by atoms with Crippen molar-refractivity contribution in [3.63, 3.8) is 0 Å². The third-order valence-electron chi connectivity index (χ3n) is 2.37. The minimum atomic E-state index is -3.67. The van der Waals surface area contributed by atoms with E-state index >= 15 is 0 Å². The second-order valence-electron chi connectivity index (χ2n) is 3.78. The Hall–Kier alpha value is -1.45. The van der Waals surface area contributed by atoms with Crippen LogP contribution in [0.25, 0.3) is 0 Å². The van der Waals surface area contributed by atoms with Gasteiger partial charge in [0.2, 0.25) is 0 Å². The van der Waals surface area contributed by atoms with E-state index in [1.165, 1.54) is 12.1 Å². The lowest BCUT2D eigenvalue weighted by molar-refractivity contribution is 0.319. The fraction of sp³-hybridized carbons (Fsp3) is 0.0909. The summed E-state index contributed by atoms with van der Waals surface area (Å²) in [5.74, 6) is 0. The van der Waals surface area contributed by atoms with E-state index in [-0.39, 0.29) is 10.0 Å². The standard InChI is InChI=1S/C11H10BrN3O3S2/c1-7(14-16)10-6-19-11(13-10)15-20(17,18)9-4-2-8(12)3-5-9/h2-6,16H,1H3,(H,13,15). The van der Waals surface area contributed by atoms with Crippen molar-refractivity contribution in [3.05, 3.63) is 39.8 Å². The molecule has 0 amide bonds. The fourth-order valence-electron chi connectivity index (χ4n) is 1.33. The van der Waals surface area contributed by atoms with Gasteiger partial charge in [-0.05, 0) is 31.2 Å². The average molecular weight is 376 g/mol. The lowest BCUT2D eigenvalue weighted by Gasteiger charge is -2.04. The number of hydrogen-bond donors (Lipinski definition) is 2. The van der Waals surface area contributed by atoms with Crippen LogP contribution in [-0.4, -0.2) is 24.3 Å². The molecule has 1 aromatic carbocycles. The molecule has 6 nitrogen and oxygen atoms in total. The second kappa shape index (κ2) is 5.90. The van der Waals surface area contributed by atoms with Crippen molar-refractivity contribution in [1.82, 2.24) is 4.98 Å². The number of thiazole rings is 1. The SMILES string of the molecule is CC(=NO)c1csc(NS(=O)(=O)c2ccc(Br)cc2)n1. The summed E-state index contributed by atoms with van der Waals surface area (Å²) >= 11 is 4.36. The number of nitrogens with one attached hydrogen (secondary N) is 1. The summed E-state index contributed by atoms with van der Waals surface area (Å²) in [6, 6.07) is 6.26. The maximum atomic E-state index is 12.1. The summed E-state index contributed by atoms with van der Waals surface area (Å²) in [6.07, 6.45) is 0. The Kier molecular flexibility index (Phi) is 4.41. The van der Waals surface area contributed by atoms with Gasteiger partial charge in [0.25, 0.3) is 10.0 Å². The molecule has 2 aromatic rings. The summed E-state index contributed by atoms with van der Waals surface area (Å²) in [4.78, 5) is 4.18. The molecule has 1 aromatic heterocycles. The van der Waals surface area contributed by atoms with Crippen molar-refractivity contribution in [2.24, 2.45) is 5.16 Å². The average Bonchev–Trinajstić information content (AvgIpc) is 2.86. The van der Waals surface area contributed by atoms with Gasteiger partial charge < -0.3 is 5.21 Å². The molecule has 0 atom stereocenters. The summed E-state index contributed by atoms with van der Waals surface area (Å²) in [7, 11) is -3.67. The quantitative estimate of drug-likeness (QED) is 0.488. The van der Waals surface area contributed by atoms with Crippen LogP contribution in [0.3, 0.4) is 0 Å². The minimum absolute atomic E-state index is 0.144. The summed E-state index contributed by atoms with van der Waals surface area (Å²) < 4.78 is 27.4. The Morgan fingerprint density at radius 3 is 2.65 bits per heavy atom. The normalized spacial score (nSPS) is 12.4. The van der Waals surface area contributed by atoms with E-state index < -0.39 is 10.0 Å². The van der Waals surface area contributed by atoms with E-state index in [9.17, 15) is 8.42 Å². The Morgan fingerprint density at radius 1 is 1.40 bits per heavy atom. The predicted molar refractivity (Wildman–Crippen MR) is 81.1 cm³/mol. The Bertz CT molecular complexity index is 739. The molecule has 0 aliphatic rings. The number of aromatic nitrogens is 1. The minimum Gasteiger partial charge on any atom is -0.411 e. The van der Waals surface area contributed by atoms with Crippen LogP contribution in [0, 0.1) is 0 Å². The Balaban J connectivity index is 2.24. The number of sulfonamides is 1. The van der Waals surface area contributed by atoms with Crippen molar-refractivity contribution in [2.75, 3.05) is 4.72 Å². The van der Waals surface area contributed by atoms with Gasteiger partial charge >= 0.3 is 0 Å². The predicted octanol–water partition coefficient (Wildman–Crippen LogP) is 2.90. The van der Waals surface area contributed by atoms with Crippen LogP contribution in [0.5, 0.6) is 0 Å². The molecule has 0 fully saturated rings. The van der Waals surface area contributed by atoms with Gasteiger partial charge in [-0.3, -0.25) is 4.72 Å². The molecule has 106 valence electrons. The highest BCUT2D eigenvalue weighted by Gasteiger charge is 2.16. The Labute approximate surface area is 128 Å². The molecule has 0 bridgehead atoms. The zero-order chi connectivity index (χ0) is 14.8. The van der Waals surface area contributed by atoms with E-state index in [1.54, 1.807) is 24.4 Å². The monoisotopic (exact) mass is 375 g/mol. The summed E-state index contributed by atoms with van der Waals surface area (Å²) in [6.45, 7) is 1.57. The molecule has 2 rings (SSSR count). The van der Waals surface area contributed by atoms with Crippen molar-refractivity contribution in [2.45, 2.75) is 11.8 Å². The lowest BCUT2D eigenvalue weighted by atomic mass is 10.3. The smallest absolute Gasteiger partial charge is 0.263 e. The highest BCUT2D eigenvalue weighted by atomic mass is 79.9. The van der Waals surface area contributed by atoms with Crippen LogP contribution in [0.4, 0.5) is 5.13 Å². The number of halogens is 1. The number of anilines is 1. The molecule has 1 heterocycles. The van der Waals surface area contributed by atoms with Crippen LogP contribution in [0.1, 0.15) is 12.6 Å². The lowest BCUT2D eigenvalue weighted by Crippen LogP contribution is -2.12. The van der Waals surface area contributed by atoms with E-state index in [4.69, 9.17) is 5.21 Å². The number of rotatable bonds is 4. The first-order chi connectivity index (χ1) is 9.42. The van der Waals surface area contributed by atoms with Gasteiger partial charge in [-0.2, -0.15) is 0 Å². The highest BCUT2D eigenvalue weighted by molar-refractivity contribution is 9.10.